The van der Waals surface area contributed by atoms with Crippen molar-refractivity contribution >= 4 is 16.9 Å². The van der Waals surface area contributed by atoms with Crippen LogP contribution in [0.5, 0.6) is 0 Å². The molecule has 3 heterocycles. The predicted molar refractivity (Wildman–Crippen MR) is 96.4 cm³/mol. The van der Waals surface area contributed by atoms with Crippen molar-refractivity contribution in [2.75, 3.05) is 5.32 Å². The van der Waals surface area contributed by atoms with Crippen LogP contribution in [-0.2, 0) is 19.9 Å². The van der Waals surface area contributed by atoms with Crippen molar-refractivity contribution in [2.24, 2.45) is 7.05 Å². The van der Waals surface area contributed by atoms with Crippen molar-refractivity contribution in [2.45, 2.75) is 25.8 Å². The fraction of sp³-hybridized carbons (Fsp3) is 0.294. The molecular formula is C17H19N9. The lowest BCUT2D eigenvalue weighted by atomic mass is 10.1. The van der Waals surface area contributed by atoms with Crippen LogP contribution < -0.4 is 5.32 Å². The topological polar surface area (TPSA) is 110 Å². The second-order valence-electron chi connectivity index (χ2n) is 6.12. The molecule has 26 heavy (non-hydrogen) atoms. The zero-order chi connectivity index (χ0) is 17.9. The number of fused-ring (bicyclic) bond motifs is 1. The average Bonchev–Trinajstić information content (AvgIpc) is 3.32. The number of benzene rings is 1. The molecule has 4 aromatic rings. The number of nitrogens with zero attached hydrogens (tertiary/aromatic N) is 7. The van der Waals surface area contributed by atoms with Gasteiger partial charge in [-0.1, -0.05) is 35.5 Å². The highest BCUT2D eigenvalue weighted by atomic mass is 15.5. The van der Waals surface area contributed by atoms with Crippen LogP contribution in [0.25, 0.3) is 11.0 Å². The summed E-state index contributed by atoms with van der Waals surface area (Å²) in [5, 5.41) is 22.6. The van der Waals surface area contributed by atoms with Crippen molar-refractivity contribution in [3.63, 3.8) is 0 Å². The first-order chi connectivity index (χ1) is 12.7. The number of hydrogen-bond donors (Lipinski definition) is 2. The minimum atomic E-state index is -0.144. The van der Waals surface area contributed by atoms with Crippen LogP contribution in [0.15, 0.2) is 36.5 Å². The van der Waals surface area contributed by atoms with Crippen molar-refractivity contribution in [3.8, 4) is 0 Å². The fourth-order valence-electron chi connectivity index (χ4n) is 2.81. The van der Waals surface area contributed by atoms with Gasteiger partial charge in [0.1, 0.15) is 11.6 Å². The smallest absolute Gasteiger partial charge is 0.196 e. The van der Waals surface area contributed by atoms with Crippen LogP contribution in [-0.4, -0.2) is 40.4 Å². The van der Waals surface area contributed by atoms with Crippen molar-refractivity contribution in [1.29, 1.82) is 0 Å². The van der Waals surface area contributed by atoms with Gasteiger partial charge in [0.25, 0.3) is 0 Å². The minimum absolute atomic E-state index is 0.144. The lowest BCUT2D eigenvalue weighted by Crippen LogP contribution is -2.12. The van der Waals surface area contributed by atoms with Gasteiger partial charge in [-0.2, -0.15) is 10.3 Å². The maximum Gasteiger partial charge on any atom is 0.196 e. The van der Waals surface area contributed by atoms with Crippen molar-refractivity contribution in [3.05, 3.63) is 53.7 Å². The van der Waals surface area contributed by atoms with E-state index in [1.54, 1.807) is 10.9 Å². The molecule has 2 N–H and O–H groups in total. The summed E-state index contributed by atoms with van der Waals surface area (Å²) in [5.74, 6) is 2.07. The van der Waals surface area contributed by atoms with Gasteiger partial charge in [0.05, 0.1) is 17.6 Å². The molecule has 0 bridgehead atoms. The first-order valence-corrected chi connectivity index (χ1v) is 8.43. The van der Waals surface area contributed by atoms with E-state index in [2.05, 4.69) is 48.2 Å². The van der Waals surface area contributed by atoms with Gasteiger partial charge >= 0.3 is 0 Å². The Labute approximate surface area is 149 Å². The molecule has 1 aromatic carbocycles. The molecule has 0 aliphatic carbocycles. The van der Waals surface area contributed by atoms with Crippen LogP contribution >= 0.6 is 0 Å². The van der Waals surface area contributed by atoms with Crippen molar-refractivity contribution in [1.82, 2.24) is 40.4 Å². The summed E-state index contributed by atoms with van der Waals surface area (Å²) in [7, 11) is 1.88. The Balaban J connectivity index is 1.63. The van der Waals surface area contributed by atoms with E-state index in [4.69, 9.17) is 4.98 Å². The number of nitrogens with one attached hydrogen (secondary N) is 2. The van der Waals surface area contributed by atoms with Crippen LogP contribution in [0.1, 0.15) is 30.2 Å². The highest BCUT2D eigenvalue weighted by Crippen LogP contribution is 2.23. The molecule has 132 valence electrons. The molecule has 9 nitrogen and oxygen atoms in total. The Morgan fingerprint density at radius 1 is 1.15 bits per heavy atom. The maximum absolute atomic E-state index is 4.72. The SMILES string of the molecule is CC(Nc1nc(CCc2ccccc2)nc2c1cnn2C)c1nn[nH]n1. The first-order valence-electron chi connectivity index (χ1n) is 8.43. The number of tetrazole rings is 1. The zero-order valence-electron chi connectivity index (χ0n) is 14.6. The summed E-state index contributed by atoms with van der Waals surface area (Å²) < 4.78 is 1.76. The number of hydrogen-bond acceptors (Lipinski definition) is 7. The molecule has 0 aliphatic heterocycles. The van der Waals surface area contributed by atoms with E-state index in [-0.39, 0.29) is 6.04 Å². The number of anilines is 1. The lowest BCUT2D eigenvalue weighted by molar-refractivity contribution is 0.769. The van der Waals surface area contributed by atoms with Gasteiger partial charge in [-0.05, 0) is 18.9 Å². The highest BCUT2D eigenvalue weighted by molar-refractivity contribution is 5.86. The molecule has 0 radical (unpaired) electrons. The lowest BCUT2D eigenvalue weighted by Gasteiger charge is -2.13. The van der Waals surface area contributed by atoms with Gasteiger partial charge in [-0.25, -0.2) is 9.97 Å². The average molecular weight is 349 g/mol. The Kier molecular flexibility index (Phi) is 4.26. The summed E-state index contributed by atoms with van der Waals surface area (Å²) in [6.45, 7) is 1.96. The van der Waals surface area contributed by atoms with Gasteiger partial charge < -0.3 is 5.32 Å². The molecule has 4 rings (SSSR count). The zero-order valence-corrected chi connectivity index (χ0v) is 14.6. The second kappa shape index (κ2) is 6.87. The number of H-pyrrole nitrogens is 1. The number of aromatic amines is 1. The van der Waals surface area contributed by atoms with Crippen LogP contribution in [0.2, 0.25) is 0 Å². The molecule has 1 atom stereocenters. The van der Waals surface area contributed by atoms with Crippen LogP contribution in [0.3, 0.4) is 0 Å². The van der Waals surface area contributed by atoms with Crippen LogP contribution in [0, 0.1) is 0 Å². The molecule has 0 fully saturated rings. The monoisotopic (exact) mass is 349 g/mol. The van der Waals surface area contributed by atoms with Crippen molar-refractivity contribution < 1.29 is 0 Å². The summed E-state index contributed by atoms with van der Waals surface area (Å²) in [6.07, 6.45) is 3.39. The van der Waals surface area contributed by atoms with Gasteiger partial charge in [-0.15, -0.1) is 10.2 Å². The third-order valence-electron chi connectivity index (χ3n) is 4.22. The molecule has 0 saturated heterocycles. The van der Waals surface area contributed by atoms with E-state index in [1.165, 1.54) is 5.56 Å². The van der Waals surface area contributed by atoms with Gasteiger partial charge in [0.2, 0.25) is 0 Å². The molecule has 9 heteroatoms. The summed E-state index contributed by atoms with van der Waals surface area (Å²) in [6, 6.07) is 10.2. The normalized spacial score (nSPS) is 12.4. The second-order valence-corrected chi connectivity index (χ2v) is 6.12. The molecule has 0 aliphatic rings. The van der Waals surface area contributed by atoms with E-state index in [1.807, 2.05) is 32.2 Å². The van der Waals surface area contributed by atoms with Gasteiger partial charge in [0, 0.05) is 13.5 Å². The summed E-state index contributed by atoms with van der Waals surface area (Å²) in [4.78, 5) is 9.40. The van der Waals surface area contributed by atoms with Gasteiger partial charge in [0.15, 0.2) is 11.5 Å². The van der Waals surface area contributed by atoms with Gasteiger partial charge in [-0.3, -0.25) is 4.68 Å². The quantitative estimate of drug-likeness (QED) is 0.546. The fourth-order valence-corrected chi connectivity index (χ4v) is 2.81. The molecule has 3 aromatic heterocycles. The Hall–Kier alpha value is -3.36. The third kappa shape index (κ3) is 3.23. The number of aryl methyl sites for hydroxylation is 3. The first kappa shape index (κ1) is 16.1. The van der Waals surface area contributed by atoms with Crippen LogP contribution in [0.4, 0.5) is 5.82 Å². The number of aromatic nitrogens is 8. The standard InChI is InChI=1S/C17H19N9/c1-11(15-22-24-25-23-15)19-16-13-10-18-26(2)17(13)21-14(20-16)9-8-12-6-4-3-5-7-12/h3-7,10-11H,8-9H2,1-2H3,(H,19,20,21)(H,22,23,24,25). The highest BCUT2D eigenvalue weighted by Gasteiger charge is 2.16. The van der Waals surface area contributed by atoms with E-state index >= 15 is 0 Å². The molecule has 0 amide bonds. The van der Waals surface area contributed by atoms with E-state index < -0.39 is 0 Å². The number of rotatable bonds is 6. The Bertz CT molecular complexity index is 992. The van der Waals surface area contributed by atoms with E-state index in [0.29, 0.717) is 5.82 Å². The Morgan fingerprint density at radius 2 is 2.00 bits per heavy atom. The summed E-state index contributed by atoms with van der Waals surface area (Å²) in [5.41, 5.74) is 2.06. The largest absolute Gasteiger partial charge is 0.359 e. The van der Waals surface area contributed by atoms with E-state index in [0.717, 1.165) is 35.5 Å². The molecule has 1 unspecified atom stereocenters. The molecule has 0 saturated carbocycles. The third-order valence-corrected chi connectivity index (χ3v) is 4.22. The molecular weight excluding hydrogens is 330 g/mol. The maximum atomic E-state index is 4.72. The van der Waals surface area contributed by atoms with E-state index in [9.17, 15) is 0 Å². The summed E-state index contributed by atoms with van der Waals surface area (Å²) >= 11 is 0. The Morgan fingerprint density at radius 3 is 2.77 bits per heavy atom. The minimum Gasteiger partial charge on any atom is -0.359 e. The molecule has 0 spiro atoms. The predicted octanol–water partition coefficient (Wildman–Crippen LogP) is 1.83.